The Morgan fingerprint density at radius 2 is 1.70 bits per heavy atom. The molecule has 15 heteroatoms. The molecule has 0 radical (unpaired) electrons. The molecule has 40 heavy (non-hydrogen) atoms. The first-order valence-corrected chi connectivity index (χ1v) is 14.1. The summed E-state index contributed by atoms with van der Waals surface area (Å²) in [5.74, 6) is -2.96. The Kier molecular flexibility index (Phi) is 7.41. The van der Waals surface area contributed by atoms with E-state index in [1.54, 1.807) is 41.5 Å². The highest BCUT2D eigenvalue weighted by atomic mass is 31.2. The van der Waals surface area contributed by atoms with E-state index in [4.69, 9.17) is 13.6 Å². The summed E-state index contributed by atoms with van der Waals surface area (Å²) in [5, 5.41) is 4.41. The van der Waals surface area contributed by atoms with Gasteiger partial charge in [-0.2, -0.15) is 5.10 Å². The fraction of sp³-hybridized carbons (Fsp3) is 0.600. The Morgan fingerprint density at radius 3 is 2.25 bits per heavy atom. The van der Waals surface area contributed by atoms with Crippen LogP contribution in [0, 0.1) is 5.41 Å². The second kappa shape index (κ2) is 9.86. The Hall–Kier alpha value is -2.93. The van der Waals surface area contributed by atoms with Crippen molar-refractivity contribution in [3.8, 4) is 11.3 Å². The first kappa shape index (κ1) is 30.0. The second-order valence-electron chi connectivity index (χ2n) is 12.4. The lowest BCUT2D eigenvalue weighted by Gasteiger charge is -2.30. The average Bonchev–Trinajstić information content (AvgIpc) is 3.31. The normalized spacial score (nSPS) is 17.6. The highest BCUT2D eigenvalue weighted by Crippen LogP contribution is 2.55. The van der Waals surface area contributed by atoms with Crippen molar-refractivity contribution < 1.29 is 26.9 Å². The van der Waals surface area contributed by atoms with Crippen LogP contribution in [-0.4, -0.2) is 54.4 Å². The van der Waals surface area contributed by atoms with Crippen LogP contribution < -0.4 is 16.1 Å². The van der Waals surface area contributed by atoms with Gasteiger partial charge in [0.2, 0.25) is 0 Å². The molecule has 1 fully saturated rings. The van der Waals surface area contributed by atoms with Crippen molar-refractivity contribution in [2.24, 2.45) is 5.41 Å². The molecule has 1 N–H and O–H groups in total. The highest BCUT2D eigenvalue weighted by Gasteiger charge is 2.54. The van der Waals surface area contributed by atoms with Gasteiger partial charge < -0.3 is 4.90 Å². The number of fused-ring (bicyclic) bond motifs is 1. The number of nitrogens with zero attached hydrogens (tertiary/aromatic N) is 5. The smallest absolute Gasteiger partial charge is 0.362 e. The molecule has 0 unspecified atom stereocenters. The van der Waals surface area contributed by atoms with Crippen LogP contribution in [0.2, 0.25) is 0 Å². The molecule has 0 aromatic carbocycles. The maximum atomic E-state index is 14.7. The fourth-order valence-electron chi connectivity index (χ4n) is 4.20. The minimum absolute atomic E-state index is 0.0476. The summed E-state index contributed by atoms with van der Waals surface area (Å²) in [6, 6.07) is 1.48. The zero-order chi connectivity index (χ0) is 29.9. The summed E-state index contributed by atoms with van der Waals surface area (Å²) >= 11 is 0. The molecule has 3 aromatic rings. The molecule has 0 amide bonds. The first-order valence-electron chi connectivity index (χ1n) is 12.7. The third-order valence-corrected chi connectivity index (χ3v) is 8.03. The molecule has 0 saturated carbocycles. The minimum atomic E-state index is -4.18. The van der Waals surface area contributed by atoms with E-state index >= 15 is 0 Å². The summed E-state index contributed by atoms with van der Waals surface area (Å²) in [6.45, 7) is 11.9. The third kappa shape index (κ3) is 6.35. The number of phosphoric ester groups is 1. The van der Waals surface area contributed by atoms with Crippen LogP contribution in [0.25, 0.3) is 16.9 Å². The fourth-order valence-corrected chi connectivity index (χ4v) is 5.95. The lowest BCUT2D eigenvalue weighted by atomic mass is 9.89. The predicted molar refractivity (Wildman–Crippen MR) is 145 cm³/mol. The molecule has 4 rings (SSSR count). The van der Waals surface area contributed by atoms with Gasteiger partial charge in [0.25, 0.3) is 11.5 Å². The number of anilines is 1. The van der Waals surface area contributed by atoms with Crippen LogP contribution in [0.3, 0.4) is 0 Å². The van der Waals surface area contributed by atoms with Gasteiger partial charge in [-0.05, 0) is 47.6 Å². The summed E-state index contributed by atoms with van der Waals surface area (Å²) in [5.41, 5.74) is -3.94. The SMILES string of the molecule is CC(C)(C)OP(=O)(OCn1cc(-c2cc(N3CC(C)(C)C(F)(F)C3)c3nccn3n2)c(=O)[nH]c1=O)OC(C)(C)C. The average molecular weight is 585 g/mol. The lowest BCUT2D eigenvalue weighted by Crippen LogP contribution is -2.34. The van der Waals surface area contributed by atoms with Gasteiger partial charge in [-0.25, -0.2) is 27.6 Å². The summed E-state index contributed by atoms with van der Waals surface area (Å²) < 4.78 is 61.9. The number of nitrogens with one attached hydrogen (secondary N) is 1. The number of aromatic amines is 1. The molecule has 3 aromatic heterocycles. The van der Waals surface area contributed by atoms with E-state index in [9.17, 15) is 22.9 Å². The van der Waals surface area contributed by atoms with Gasteiger partial charge in [-0.1, -0.05) is 13.8 Å². The van der Waals surface area contributed by atoms with Gasteiger partial charge in [0.15, 0.2) is 5.65 Å². The van der Waals surface area contributed by atoms with Crippen molar-refractivity contribution in [2.45, 2.75) is 79.2 Å². The van der Waals surface area contributed by atoms with E-state index in [-0.39, 0.29) is 17.8 Å². The summed E-state index contributed by atoms with van der Waals surface area (Å²) in [4.78, 5) is 33.5. The van der Waals surface area contributed by atoms with Gasteiger partial charge in [0, 0.05) is 30.6 Å². The van der Waals surface area contributed by atoms with E-state index in [0.717, 1.165) is 4.57 Å². The van der Waals surface area contributed by atoms with Crippen LogP contribution in [0.4, 0.5) is 14.5 Å². The monoisotopic (exact) mass is 584 g/mol. The van der Waals surface area contributed by atoms with Crippen molar-refractivity contribution >= 4 is 19.2 Å². The molecule has 0 atom stereocenters. The molecule has 0 spiro atoms. The number of halogens is 2. The van der Waals surface area contributed by atoms with E-state index in [1.165, 1.54) is 47.9 Å². The van der Waals surface area contributed by atoms with E-state index in [1.807, 2.05) is 0 Å². The van der Waals surface area contributed by atoms with E-state index < -0.39 is 54.9 Å². The topological polar surface area (TPSA) is 133 Å². The Morgan fingerprint density at radius 1 is 1.07 bits per heavy atom. The number of aromatic nitrogens is 5. The maximum absolute atomic E-state index is 14.7. The number of H-pyrrole nitrogens is 1. The van der Waals surface area contributed by atoms with Crippen LogP contribution in [0.1, 0.15) is 55.4 Å². The number of hydrogen-bond acceptors (Lipinski definition) is 9. The second-order valence-corrected chi connectivity index (χ2v) is 14.0. The van der Waals surface area contributed by atoms with Crippen molar-refractivity contribution in [3.63, 3.8) is 0 Å². The zero-order valence-electron chi connectivity index (χ0n) is 23.8. The number of hydrogen-bond donors (Lipinski definition) is 1. The molecular weight excluding hydrogens is 549 g/mol. The molecule has 12 nitrogen and oxygen atoms in total. The van der Waals surface area contributed by atoms with Gasteiger partial charge in [-0.15, -0.1) is 0 Å². The van der Waals surface area contributed by atoms with E-state index in [0.29, 0.717) is 11.3 Å². The maximum Gasteiger partial charge on any atom is 0.477 e. The van der Waals surface area contributed by atoms with Crippen LogP contribution >= 0.6 is 7.82 Å². The Balaban J connectivity index is 1.73. The Labute approximate surface area is 229 Å². The molecule has 1 aliphatic heterocycles. The molecule has 4 heterocycles. The van der Waals surface area contributed by atoms with Crippen molar-refractivity contribution in [1.82, 2.24) is 24.1 Å². The van der Waals surface area contributed by atoms with Crippen LogP contribution in [0.15, 0.2) is 34.2 Å². The minimum Gasteiger partial charge on any atom is -0.362 e. The molecule has 0 aliphatic carbocycles. The number of imidazole rings is 1. The molecular formula is C25H35F2N6O6P. The van der Waals surface area contributed by atoms with Crippen molar-refractivity contribution in [1.29, 1.82) is 0 Å². The largest absolute Gasteiger partial charge is 0.477 e. The van der Waals surface area contributed by atoms with Crippen LogP contribution in [0.5, 0.6) is 0 Å². The van der Waals surface area contributed by atoms with Gasteiger partial charge in [0.05, 0.1) is 29.0 Å². The number of alkyl halides is 2. The lowest BCUT2D eigenvalue weighted by molar-refractivity contribution is -0.0642. The molecule has 0 bridgehead atoms. The van der Waals surface area contributed by atoms with E-state index in [2.05, 4.69) is 15.1 Å². The van der Waals surface area contributed by atoms with Gasteiger partial charge in [0.1, 0.15) is 12.4 Å². The number of rotatable bonds is 7. The van der Waals surface area contributed by atoms with Gasteiger partial charge >= 0.3 is 13.5 Å². The molecule has 220 valence electrons. The van der Waals surface area contributed by atoms with Gasteiger partial charge in [-0.3, -0.25) is 27.9 Å². The highest BCUT2D eigenvalue weighted by molar-refractivity contribution is 7.48. The predicted octanol–water partition coefficient (Wildman–Crippen LogP) is 4.44. The standard InChI is InChI=1S/C25H35F2N6O6P/c1-22(2,3)38-40(36,39-23(4,5)6)37-15-31-12-16(20(34)29-21(31)35)17-11-18(19-28-9-10-33(19)30-17)32-13-24(7,8)25(26,27)14-32/h9-12H,13-15H2,1-8H3,(H,29,34,35). The molecule has 1 aliphatic rings. The zero-order valence-corrected chi connectivity index (χ0v) is 24.7. The third-order valence-electron chi connectivity index (χ3n) is 6.06. The number of phosphoric acid groups is 1. The van der Waals surface area contributed by atoms with Crippen molar-refractivity contribution in [2.75, 3.05) is 18.0 Å². The first-order chi connectivity index (χ1) is 18.2. The molecule has 1 saturated heterocycles. The van der Waals surface area contributed by atoms with Crippen molar-refractivity contribution in [3.05, 3.63) is 45.5 Å². The quantitative estimate of drug-likeness (QED) is 0.400. The van der Waals surface area contributed by atoms with Crippen LogP contribution in [-0.2, 0) is 24.9 Å². The summed E-state index contributed by atoms with van der Waals surface area (Å²) in [6.07, 6.45) is 4.19. The Bertz CT molecular complexity index is 1550. The summed E-state index contributed by atoms with van der Waals surface area (Å²) in [7, 11) is -4.18.